The highest BCUT2D eigenvalue weighted by Crippen LogP contribution is 2.29. The highest BCUT2D eigenvalue weighted by molar-refractivity contribution is 9.10. The fourth-order valence-corrected chi connectivity index (χ4v) is 3.58. The lowest BCUT2D eigenvalue weighted by Crippen LogP contribution is -2.54. The second-order valence-corrected chi connectivity index (χ2v) is 7.84. The topological polar surface area (TPSA) is 58.6 Å². The third-order valence-electron chi connectivity index (χ3n) is 4.09. The Bertz CT molecular complexity index is 1000. The molecule has 7 heteroatoms. The summed E-state index contributed by atoms with van der Waals surface area (Å²) in [5, 5.41) is 2.67. The minimum atomic E-state index is -0.515. The summed E-state index contributed by atoms with van der Waals surface area (Å²) in [5.74, 6) is -0.278. The lowest BCUT2D eigenvalue weighted by Gasteiger charge is -2.30. The number of thiocarbonyl (C=S) groups is 1. The Labute approximate surface area is 177 Å². The van der Waals surface area contributed by atoms with E-state index >= 15 is 0 Å². The Morgan fingerprint density at radius 3 is 2.54 bits per heavy atom. The van der Waals surface area contributed by atoms with Crippen LogP contribution in [-0.2, 0) is 9.59 Å². The van der Waals surface area contributed by atoms with Crippen molar-refractivity contribution in [1.82, 2.24) is 5.32 Å². The number of para-hydroxylation sites is 1. The van der Waals surface area contributed by atoms with Crippen molar-refractivity contribution in [3.63, 3.8) is 0 Å². The molecule has 2 amide bonds. The predicted octanol–water partition coefficient (Wildman–Crippen LogP) is 4.38. The van der Waals surface area contributed by atoms with E-state index < -0.39 is 11.8 Å². The first-order valence-electron chi connectivity index (χ1n) is 8.71. The highest BCUT2D eigenvalue weighted by atomic mass is 79.9. The number of halogens is 1. The van der Waals surface area contributed by atoms with Gasteiger partial charge in [-0.05, 0) is 84.3 Å². The van der Waals surface area contributed by atoms with E-state index in [9.17, 15) is 9.59 Å². The Balaban J connectivity index is 1.98. The van der Waals surface area contributed by atoms with Gasteiger partial charge in [-0.25, -0.2) is 0 Å². The summed E-state index contributed by atoms with van der Waals surface area (Å²) < 4.78 is 6.44. The van der Waals surface area contributed by atoms with E-state index in [1.165, 1.54) is 4.90 Å². The maximum absolute atomic E-state index is 13.1. The van der Waals surface area contributed by atoms with Gasteiger partial charge >= 0.3 is 0 Å². The second-order valence-electron chi connectivity index (χ2n) is 6.60. The van der Waals surface area contributed by atoms with Gasteiger partial charge in [-0.15, -0.1) is 0 Å². The van der Waals surface area contributed by atoms with Gasteiger partial charge in [-0.1, -0.05) is 24.3 Å². The van der Waals surface area contributed by atoms with Crippen LogP contribution >= 0.6 is 28.1 Å². The van der Waals surface area contributed by atoms with E-state index in [0.29, 0.717) is 17.0 Å². The third kappa shape index (κ3) is 4.15. The second kappa shape index (κ2) is 8.24. The zero-order chi connectivity index (χ0) is 20.4. The lowest BCUT2D eigenvalue weighted by molar-refractivity contribution is -0.122. The van der Waals surface area contributed by atoms with Crippen LogP contribution in [0.25, 0.3) is 6.08 Å². The molecule has 1 aliphatic heterocycles. The molecule has 3 rings (SSSR count). The number of amides is 2. The van der Waals surface area contributed by atoms with Crippen molar-refractivity contribution in [1.29, 1.82) is 0 Å². The maximum atomic E-state index is 13.1. The van der Waals surface area contributed by atoms with E-state index in [1.807, 2.05) is 39.0 Å². The van der Waals surface area contributed by atoms with E-state index in [4.69, 9.17) is 17.0 Å². The molecule has 0 atom stereocenters. The largest absolute Gasteiger partial charge is 0.490 e. The summed E-state index contributed by atoms with van der Waals surface area (Å²) in [5.41, 5.74) is 2.23. The number of carbonyl (C=O) groups is 2. The van der Waals surface area contributed by atoms with Gasteiger partial charge in [0.2, 0.25) is 0 Å². The molecule has 144 valence electrons. The number of rotatable bonds is 4. The van der Waals surface area contributed by atoms with Gasteiger partial charge in [-0.2, -0.15) is 0 Å². The predicted molar refractivity (Wildman–Crippen MR) is 117 cm³/mol. The quantitative estimate of drug-likeness (QED) is 0.419. The van der Waals surface area contributed by atoms with Crippen LogP contribution in [0.2, 0.25) is 0 Å². The van der Waals surface area contributed by atoms with Crippen molar-refractivity contribution in [2.75, 3.05) is 4.90 Å². The summed E-state index contributed by atoms with van der Waals surface area (Å²) in [6.07, 6.45) is 1.59. The monoisotopic (exact) mass is 458 g/mol. The number of nitrogens with zero attached hydrogens (tertiary/aromatic N) is 1. The zero-order valence-electron chi connectivity index (χ0n) is 15.7. The summed E-state index contributed by atoms with van der Waals surface area (Å²) in [6.45, 7) is 5.77. The Hall–Kier alpha value is -2.51. The van der Waals surface area contributed by atoms with Crippen LogP contribution < -0.4 is 15.0 Å². The molecule has 1 N–H and O–H groups in total. The number of anilines is 1. The number of ether oxygens (including phenoxy) is 1. The molecule has 0 spiro atoms. The highest BCUT2D eigenvalue weighted by Gasteiger charge is 2.35. The van der Waals surface area contributed by atoms with Crippen LogP contribution in [0, 0.1) is 6.92 Å². The molecule has 0 radical (unpaired) electrons. The smallest absolute Gasteiger partial charge is 0.270 e. The Kier molecular flexibility index (Phi) is 5.96. The van der Waals surface area contributed by atoms with Crippen molar-refractivity contribution in [2.24, 2.45) is 0 Å². The van der Waals surface area contributed by atoms with Crippen molar-refractivity contribution in [3.05, 3.63) is 63.6 Å². The van der Waals surface area contributed by atoms with Crippen molar-refractivity contribution in [3.8, 4) is 5.75 Å². The summed E-state index contributed by atoms with van der Waals surface area (Å²) in [7, 11) is 0. The van der Waals surface area contributed by atoms with Gasteiger partial charge in [0.25, 0.3) is 11.8 Å². The SMILES string of the molecule is Cc1ccccc1N1C(=O)/C(=C/c2ccc(OC(C)C)c(Br)c2)C(=O)NC1=S. The molecule has 5 nitrogen and oxygen atoms in total. The van der Waals surface area contributed by atoms with Crippen molar-refractivity contribution >= 4 is 56.8 Å². The summed E-state index contributed by atoms with van der Waals surface area (Å²) in [6, 6.07) is 12.8. The molecule has 0 aromatic heterocycles. The normalized spacial score (nSPS) is 16.0. The first kappa shape index (κ1) is 20.2. The minimum absolute atomic E-state index is 0.0151. The van der Waals surface area contributed by atoms with Crippen LogP contribution in [0.5, 0.6) is 5.75 Å². The summed E-state index contributed by atoms with van der Waals surface area (Å²) in [4.78, 5) is 26.9. The van der Waals surface area contributed by atoms with Crippen LogP contribution in [0.3, 0.4) is 0 Å². The summed E-state index contributed by atoms with van der Waals surface area (Å²) >= 11 is 8.71. The van der Waals surface area contributed by atoms with Crippen LogP contribution in [0.15, 0.2) is 52.5 Å². The van der Waals surface area contributed by atoms with Gasteiger partial charge in [-0.3, -0.25) is 19.8 Å². The van der Waals surface area contributed by atoms with Crippen LogP contribution in [0.4, 0.5) is 5.69 Å². The zero-order valence-corrected chi connectivity index (χ0v) is 18.1. The van der Waals surface area contributed by atoms with Gasteiger partial charge in [0.1, 0.15) is 11.3 Å². The lowest BCUT2D eigenvalue weighted by atomic mass is 10.1. The standard InChI is InChI=1S/C21H19BrN2O3S/c1-12(2)27-18-9-8-14(11-16(18)22)10-15-19(25)23-21(28)24(20(15)26)17-7-5-4-6-13(17)3/h4-12H,1-3H3,(H,23,25,28)/b15-10+. The van der Waals surface area contributed by atoms with E-state index in [0.717, 1.165) is 10.0 Å². The van der Waals surface area contributed by atoms with Gasteiger partial charge in [0.15, 0.2) is 5.11 Å². The molecule has 0 bridgehead atoms. The number of hydrogen-bond acceptors (Lipinski definition) is 4. The minimum Gasteiger partial charge on any atom is -0.490 e. The van der Waals surface area contributed by atoms with Gasteiger partial charge in [0.05, 0.1) is 16.3 Å². The first-order chi connectivity index (χ1) is 13.3. The molecule has 2 aromatic rings. The molecule has 0 unspecified atom stereocenters. The molecular formula is C21H19BrN2O3S. The number of carbonyl (C=O) groups excluding carboxylic acids is 2. The number of hydrogen-bond donors (Lipinski definition) is 1. The maximum Gasteiger partial charge on any atom is 0.270 e. The Morgan fingerprint density at radius 1 is 1.18 bits per heavy atom. The molecule has 1 aliphatic rings. The van der Waals surface area contributed by atoms with Crippen molar-refractivity contribution in [2.45, 2.75) is 26.9 Å². The molecular weight excluding hydrogens is 440 g/mol. The van der Waals surface area contributed by atoms with Gasteiger partial charge < -0.3 is 4.74 Å². The fraction of sp³-hybridized carbons (Fsp3) is 0.190. The molecule has 28 heavy (non-hydrogen) atoms. The van der Waals surface area contributed by atoms with E-state index in [-0.39, 0.29) is 16.8 Å². The average molecular weight is 459 g/mol. The molecule has 1 fully saturated rings. The number of aryl methyl sites for hydroxylation is 1. The molecule has 1 saturated heterocycles. The Morgan fingerprint density at radius 2 is 1.89 bits per heavy atom. The van der Waals surface area contributed by atoms with Gasteiger partial charge in [0, 0.05) is 0 Å². The first-order valence-corrected chi connectivity index (χ1v) is 9.91. The number of benzene rings is 2. The molecule has 0 saturated carbocycles. The third-order valence-corrected chi connectivity index (χ3v) is 4.99. The fourth-order valence-electron chi connectivity index (χ4n) is 2.81. The van der Waals surface area contributed by atoms with E-state index in [1.54, 1.807) is 30.3 Å². The van der Waals surface area contributed by atoms with E-state index in [2.05, 4.69) is 21.2 Å². The van der Waals surface area contributed by atoms with Crippen molar-refractivity contribution < 1.29 is 14.3 Å². The molecule has 1 heterocycles. The van der Waals surface area contributed by atoms with Crippen LogP contribution in [-0.4, -0.2) is 23.0 Å². The average Bonchev–Trinajstić information content (AvgIpc) is 2.62. The molecule has 0 aliphatic carbocycles. The molecule has 2 aromatic carbocycles. The van der Waals surface area contributed by atoms with Crippen LogP contribution in [0.1, 0.15) is 25.0 Å². The number of nitrogens with one attached hydrogen (secondary N) is 1.